The Bertz CT molecular complexity index is 1760. The molecule has 1 aliphatic rings. The number of hydrogen-bond donors (Lipinski definition) is 0. The molecular weight excluding hydrogens is 697 g/mol. The summed E-state index contributed by atoms with van der Waals surface area (Å²) in [4.78, 5) is 27.5. The third-order valence-electron chi connectivity index (χ3n) is 9.59. The van der Waals surface area contributed by atoms with E-state index < -0.39 is 21.7 Å². The molecule has 0 saturated carbocycles. The molecule has 5 rings (SSSR count). The Balaban J connectivity index is 1.49. The van der Waals surface area contributed by atoms with Crippen molar-refractivity contribution in [2.75, 3.05) is 31.6 Å². The second-order valence-corrected chi connectivity index (χ2v) is 29.2. The van der Waals surface area contributed by atoms with Crippen LogP contribution in [-0.2, 0) is 20.6 Å². The van der Waals surface area contributed by atoms with Gasteiger partial charge in [0.2, 0.25) is 0 Å². The fourth-order valence-electron chi connectivity index (χ4n) is 6.47. The van der Waals surface area contributed by atoms with Gasteiger partial charge in [-0.2, -0.15) is 9.61 Å². The average molecular weight is 759 g/mol. The van der Waals surface area contributed by atoms with Crippen molar-refractivity contribution in [3.05, 3.63) is 66.6 Å². The third-order valence-corrected chi connectivity index (χ3v) is 13.0. The van der Waals surface area contributed by atoms with Crippen LogP contribution in [0.3, 0.4) is 0 Å². The summed E-state index contributed by atoms with van der Waals surface area (Å²) in [6.45, 7) is 24.3. The third kappa shape index (κ3) is 11.7. The molecule has 0 spiro atoms. The van der Waals surface area contributed by atoms with Crippen LogP contribution in [-0.4, -0.2) is 91.1 Å². The largest absolute Gasteiger partial charge is 0.444 e. The second-order valence-electron chi connectivity index (χ2n) is 17.9. The van der Waals surface area contributed by atoms with E-state index in [9.17, 15) is 4.79 Å². The van der Waals surface area contributed by atoms with E-state index in [0.29, 0.717) is 33.1 Å². The number of ether oxygens (including phenoxy) is 3. The van der Waals surface area contributed by atoms with E-state index in [4.69, 9.17) is 29.3 Å². The van der Waals surface area contributed by atoms with Gasteiger partial charge in [-0.05, 0) is 71.5 Å². The predicted octanol–water partition coefficient (Wildman–Crippen LogP) is 9.61. The first-order valence-electron chi connectivity index (χ1n) is 19.3. The van der Waals surface area contributed by atoms with Crippen molar-refractivity contribution in [3.8, 4) is 22.4 Å². The normalized spacial score (nSPS) is 16.8. The van der Waals surface area contributed by atoms with Gasteiger partial charge in [0.15, 0.2) is 5.65 Å². The van der Waals surface area contributed by atoms with E-state index in [2.05, 4.69) is 81.4 Å². The Hall–Kier alpha value is -3.59. The molecule has 4 aromatic rings. The predicted molar refractivity (Wildman–Crippen MR) is 221 cm³/mol. The van der Waals surface area contributed by atoms with Gasteiger partial charge in [0, 0.05) is 76.1 Å². The van der Waals surface area contributed by atoms with Crippen LogP contribution in [0.1, 0.15) is 52.7 Å². The lowest BCUT2D eigenvalue weighted by Gasteiger charge is -2.31. The van der Waals surface area contributed by atoms with E-state index in [1.807, 2.05) is 60.8 Å². The molecule has 0 radical (unpaired) electrons. The van der Waals surface area contributed by atoms with Crippen LogP contribution < -0.4 is 4.90 Å². The fourth-order valence-corrected chi connectivity index (χ4v) is 7.99. The van der Waals surface area contributed by atoms with Crippen molar-refractivity contribution in [3.63, 3.8) is 0 Å². The lowest BCUT2D eigenvalue weighted by molar-refractivity contribution is 0.0154. The highest BCUT2D eigenvalue weighted by Crippen LogP contribution is 2.32. The zero-order chi connectivity index (χ0) is 38.4. The molecule has 4 heterocycles. The Kier molecular flexibility index (Phi) is 13.2. The zero-order valence-electron chi connectivity index (χ0n) is 33.8. The molecular formula is C41H62N6O4Si2. The summed E-state index contributed by atoms with van der Waals surface area (Å²) in [5.74, 6) is 0.870. The summed E-state index contributed by atoms with van der Waals surface area (Å²) in [7, 11) is -2.54. The highest BCUT2D eigenvalue weighted by molar-refractivity contribution is 6.76. The second kappa shape index (κ2) is 17.3. The lowest BCUT2D eigenvalue weighted by Crippen LogP contribution is -2.43. The number of nitrogens with zero attached hydrogens (tertiary/aromatic N) is 6. The maximum atomic E-state index is 13.3. The zero-order valence-corrected chi connectivity index (χ0v) is 35.8. The number of aromatic nitrogens is 4. The number of hydrogen-bond acceptors (Lipinski definition) is 8. The Morgan fingerprint density at radius 2 is 1.55 bits per heavy atom. The van der Waals surface area contributed by atoms with Crippen molar-refractivity contribution < 1.29 is 19.0 Å². The number of carbonyl (C=O) groups excluding carboxylic acids is 1. The number of amides is 1. The molecule has 3 aromatic heterocycles. The maximum absolute atomic E-state index is 13.3. The molecule has 1 saturated heterocycles. The van der Waals surface area contributed by atoms with Crippen molar-refractivity contribution in [2.24, 2.45) is 0 Å². The quantitative estimate of drug-likeness (QED) is 0.0634. The van der Waals surface area contributed by atoms with E-state index in [1.54, 1.807) is 0 Å². The summed E-state index contributed by atoms with van der Waals surface area (Å²) in [5.41, 5.74) is 4.98. The van der Waals surface area contributed by atoms with Crippen LogP contribution in [0, 0.1) is 0 Å². The van der Waals surface area contributed by atoms with Gasteiger partial charge in [-0.25, -0.2) is 9.78 Å². The molecule has 288 valence electrons. The van der Waals surface area contributed by atoms with E-state index in [-0.39, 0.29) is 18.2 Å². The first-order chi connectivity index (χ1) is 25.0. The van der Waals surface area contributed by atoms with E-state index in [0.717, 1.165) is 70.9 Å². The van der Waals surface area contributed by atoms with Gasteiger partial charge in [0.25, 0.3) is 0 Å². The Morgan fingerprint density at radius 3 is 2.13 bits per heavy atom. The topological polar surface area (TPSA) is 94.3 Å². The molecule has 0 N–H and O–H groups in total. The fraction of sp³-hybridized carbons (Fsp3) is 0.561. The van der Waals surface area contributed by atoms with Crippen molar-refractivity contribution in [1.29, 1.82) is 0 Å². The van der Waals surface area contributed by atoms with Crippen molar-refractivity contribution in [2.45, 2.75) is 122 Å². The molecule has 0 bridgehead atoms. The van der Waals surface area contributed by atoms with Crippen LogP contribution in [0.5, 0.6) is 0 Å². The van der Waals surface area contributed by atoms with Crippen molar-refractivity contribution in [1.82, 2.24) is 24.5 Å². The summed E-state index contributed by atoms with van der Waals surface area (Å²) >= 11 is 0. The Labute approximate surface area is 319 Å². The highest BCUT2D eigenvalue weighted by Gasteiger charge is 2.37. The van der Waals surface area contributed by atoms with Gasteiger partial charge in [-0.3, -0.25) is 4.98 Å². The minimum Gasteiger partial charge on any atom is -0.444 e. The molecule has 12 heteroatoms. The first-order valence-corrected chi connectivity index (χ1v) is 26.7. The molecule has 1 aliphatic heterocycles. The van der Waals surface area contributed by atoms with Gasteiger partial charge in [-0.15, -0.1) is 0 Å². The molecule has 10 nitrogen and oxygen atoms in total. The van der Waals surface area contributed by atoms with Crippen LogP contribution in [0.15, 0.2) is 60.9 Å². The number of pyridine rings is 1. The Morgan fingerprint density at radius 1 is 0.887 bits per heavy atom. The molecule has 53 heavy (non-hydrogen) atoms. The number of anilines is 1. The van der Waals surface area contributed by atoms with Gasteiger partial charge in [0.05, 0.1) is 11.9 Å². The molecule has 1 amide bonds. The summed E-state index contributed by atoms with van der Waals surface area (Å²) in [6, 6.07) is 18.8. The molecule has 1 fully saturated rings. The van der Waals surface area contributed by atoms with E-state index in [1.165, 1.54) is 0 Å². The van der Waals surface area contributed by atoms with Crippen LogP contribution in [0.2, 0.25) is 51.4 Å². The van der Waals surface area contributed by atoms with Crippen LogP contribution >= 0.6 is 0 Å². The highest BCUT2D eigenvalue weighted by atomic mass is 28.3. The van der Waals surface area contributed by atoms with Crippen LogP contribution in [0.25, 0.3) is 28.0 Å². The SMILES string of the molecule is CC1CCC(CCc2cc(N(COCC[Si](C)(C)C)COCC[Si](C)(C)C)n3ncc(-c4ccc(-c5ccccc5)nc4)c3n2)N1C(=O)OC(C)(C)C. The smallest absolute Gasteiger partial charge is 0.410 e. The number of carbonyl (C=O) groups is 1. The van der Waals surface area contributed by atoms with Crippen LogP contribution in [0.4, 0.5) is 10.6 Å². The van der Waals surface area contributed by atoms with Gasteiger partial charge >= 0.3 is 6.09 Å². The van der Waals surface area contributed by atoms with Gasteiger partial charge < -0.3 is 24.0 Å². The number of benzene rings is 1. The number of rotatable bonds is 16. The minimum absolute atomic E-state index is 0.0753. The minimum atomic E-state index is -1.27. The molecule has 2 unspecified atom stereocenters. The number of likely N-dealkylation sites (tertiary alicyclic amines) is 1. The first kappa shape index (κ1) is 40.6. The van der Waals surface area contributed by atoms with Gasteiger partial charge in [0.1, 0.15) is 24.9 Å². The van der Waals surface area contributed by atoms with Gasteiger partial charge in [-0.1, -0.05) is 75.7 Å². The maximum Gasteiger partial charge on any atom is 0.410 e. The molecule has 0 aliphatic carbocycles. The number of aryl methyl sites for hydroxylation is 1. The van der Waals surface area contributed by atoms with Crippen molar-refractivity contribution >= 4 is 33.7 Å². The monoisotopic (exact) mass is 758 g/mol. The number of fused-ring (bicyclic) bond motifs is 1. The van der Waals surface area contributed by atoms with E-state index >= 15 is 0 Å². The lowest BCUT2D eigenvalue weighted by atomic mass is 10.1. The molecule has 1 aromatic carbocycles. The summed E-state index contributed by atoms with van der Waals surface area (Å²) < 4.78 is 20.5. The average Bonchev–Trinajstić information content (AvgIpc) is 3.68. The standard InChI is InChI=1S/C41H62N6O4Si2/c1-31-16-19-35(46(31)40(48)51-41(2,3)4)20-18-34-26-38(45(29-49-22-24-52(5,6)7)30-50-23-25-53(8,9)10)47-39(44-34)36(28-43-47)33-17-21-37(42-27-33)32-14-12-11-13-15-32/h11-15,17,21,26-28,31,35H,16,18-20,22-25,29-30H2,1-10H3. The molecule has 2 atom stereocenters. The summed E-state index contributed by atoms with van der Waals surface area (Å²) in [6.07, 6.45) is 6.92. The summed E-state index contributed by atoms with van der Waals surface area (Å²) in [5, 5.41) is 4.91.